The van der Waals surface area contributed by atoms with E-state index in [2.05, 4.69) is 10.1 Å². The third-order valence-electron chi connectivity index (χ3n) is 4.48. The lowest BCUT2D eigenvalue weighted by atomic mass is 10.3. The molecule has 0 spiro atoms. The van der Waals surface area contributed by atoms with Crippen molar-refractivity contribution < 1.29 is 19.1 Å². The first-order valence-corrected chi connectivity index (χ1v) is 10.3. The van der Waals surface area contributed by atoms with E-state index in [0.29, 0.717) is 40.0 Å². The Morgan fingerprint density at radius 3 is 2.55 bits per heavy atom. The van der Waals surface area contributed by atoms with E-state index in [1.807, 2.05) is 20.8 Å². The number of fused-ring (bicyclic) bond motifs is 1. The van der Waals surface area contributed by atoms with E-state index < -0.39 is 0 Å². The summed E-state index contributed by atoms with van der Waals surface area (Å²) in [4.78, 5) is 18.4. The van der Waals surface area contributed by atoms with Crippen molar-refractivity contribution >= 4 is 28.5 Å². The average Bonchev–Trinajstić information content (AvgIpc) is 2.75. The van der Waals surface area contributed by atoms with Gasteiger partial charge in [0.05, 0.1) is 5.10 Å². The summed E-state index contributed by atoms with van der Waals surface area (Å²) < 4.78 is 11.4. The Hall–Kier alpha value is -3.39. The molecule has 0 saturated heterocycles. The average molecular weight is 443 g/mol. The van der Waals surface area contributed by atoms with Crippen molar-refractivity contribution in [2.24, 2.45) is 0 Å². The van der Waals surface area contributed by atoms with Gasteiger partial charge in [0.2, 0.25) is 5.91 Å². The molecule has 8 nitrogen and oxygen atoms in total. The number of aromatic nitrogens is 3. The van der Waals surface area contributed by atoms with Crippen LogP contribution in [0.5, 0.6) is 17.5 Å². The highest BCUT2D eigenvalue weighted by atomic mass is 35.5. The molecule has 1 heterocycles. The summed E-state index contributed by atoms with van der Waals surface area (Å²) in [6.45, 7) is 7.05. The summed E-state index contributed by atoms with van der Waals surface area (Å²) in [6.07, 6.45) is 2.95. The molecular weight excluding hydrogens is 420 g/mol. The fourth-order valence-electron chi connectivity index (χ4n) is 2.85. The van der Waals surface area contributed by atoms with E-state index in [1.54, 1.807) is 47.4 Å². The van der Waals surface area contributed by atoms with Gasteiger partial charge in [0.25, 0.3) is 5.52 Å². The number of carbonyl (C=O) groups excluding carboxylic acids is 1. The summed E-state index contributed by atoms with van der Waals surface area (Å²) in [5, 5.41) is 16.3. The Morgan fingerprint density at radius 1 is 1.19 bits per heavy atom. The van der Waals surface area contributed by atoms with Crippen LogP contribution in [0.15, 0.2) is 54.6 Å². The molecular formula is C22H23ClN4O4. The van der Waals surface area contributed by atoms with Gasteiger partial charge in [0, 0.05) is 30.3 Å². The lowest BCUT2D eigenvalue weighted by Gasteiger charge is -2.16. The number of benzene rings is 2. The maximum Gasteiger partial charge on any atom is 0.386 e. The van der Waals surface area contributed by atoms with E-state index >= 15 is 0 Å². The number of likely N-dealkylation sites (N-methyl/N-ethyl adjacent to an activating group) is 1. The van der Waals surface area contributed by atoms with E-state index in [1.165, 1.54) is 12.1 Å². The minimum atomic E-state index is -0.290. The van der Waals surface area contributed by atoms with E-state index in [-0.39, 0.29) is 23.5 Å². The predicted octanol–water partition coefficient (Wildman–Crippen LogP) is 3.90. The molecule has 1 unspecified atom stereocenters. The third-order valence-corrected chi connectivity index (χ3v) is 4.71. The smallest absolute Gasteiger partial charge is 0.386 e. The molecule has 1 aromatic heterocycles. The highest BCUT2D eigenvalue weighted by molar-refractivity contribution is 6.31. The molecule has 0 bridgehead atoms. The molecule has 0 N–H and O–H groups in total. The Morgan fingerprint density at radius 2 is 1.87 bits per heavy atom. The Bertz CT molecular complexity index is 1080. The number of halogens is 1. The summed E-state index contributed by atoms with van der Waals surface area (Å²) in [5.74, 6) is 1.01. The molecule has 1 amide bonds. The van der Waals surface area contributed by atoms with Gasteiger partial charge in [-0.15, -0.1) is 0 Å². The minimum absolute atomic E-state index is 0.0440. The van der Waals surface area contributed by atoms with Crippen LogP contribution in [0.3, 0.4) is 0 Å². The van der Waals surface area contributed by atoms with Gasteiger partial charge in [-0.1, -0.05) is 11.6 Å². The molecule has 2 aromatic carbocycles. The van der Waals surface area contributed by atoms with Crippen LogP contribution in [0.1, 0.15) is 20.8 Å². The van der Waals surface area contributed by atoms with Crippen molar-refractivity contribution in [3.05, 3.63) is 64.8 Å². The van der Waals surface area contributed by atoms with Crippen molar-refractivity contribution in [1.82, 2.24) is 15.0 Å². The van der Waals surface area contributed by atoms with Gasteiger partial charge in [-0.05, 0) is 68.1 Å². The van der Waals surface area contributed by atoms with Crippen molar-refractivity contribution in [2.75, 3.05) is 13.1 Å². The molecule has 9 heteroatoms. The number of nitrogens with zero attached hydrogens (tertiary/aromatic N) is 4. The first-order chi connectivity index (χ1) is 14.9. The monoisotopic (exact) mass is 442 g/mol. The summed E-state index contributed by atoms with van der Waals surface area (Å²) in [6, 6.07) is 11.5. The molecule has 162 valence electrons. The molecule has 1 atom stereocenters. The minimum Gasteiger partial charge on any atom is -0.594 e. The highest BCUT2D eigenvalue weighted by Gasteiger charge is 2.13. The van der Waals surface area contributed by atoms with Crippen molar-refractivity contribution in [3.63, 3.8) is 0 Å². The number of amides is 1. The topological polar surface area (TPSA) is 91.5 Å². The fraction of sp³-hybridized carbons (Fsp3) is 0.273. The molecule has 31 heavy (non-hydrogen) atoms. The first kappa shape index (κ1) is 22.3. The van der Waals surface area contributed by atoms with Gasteiger partial charge >= 0.3 is 6.01 Å². The lowest BCUT2D eigenvalue weighted by Crippen LogP contribution is -2.32. The second kappa shape index (κ2) is 10.1. The Balaban J connectivity index is 1.63. The van der Waals surface area contributed by atoms with Crippen LogP contribution in [0.4, 0.5) is 0 Å². The van der Waals surface area contributed by atoms with Gasteiger partial charge in [0.15, 0.2) is 0 Å². The standard InChI is InChI=1S/C22H23ClN4O4/c1-4-26(5-2)21(28)13-6-15(3)30-17-8-10-18(11-9-17)31-22-24-19-12-7-16(23)14-20(19)27(29)25-22/h6-15H,4-5H2,1-3H3/b13-6+. The van der Waals surface area contributed by atoms with Gasteiger partial charge in [0.1, 0.15) is 23.1 Å². The van der Waals surface area contributed by atoms with Crippen LogP contribution in [0, 0.1) is 5.21 Å². The summed E-state index contributed by atoms with van der Waals surface area (Å²) in [7, 11) is 0. The van der Waals surface area contributed by atoms with E-state index in [9.17, 15) is 10.0 Å². The van der Waals surface area contributed by atoms with Crippen LogP contribution in [-0.4, -0.2) is 40.1 Å². The number of carbonyl (C=O) groups is 1. The third kappa shape index (κ3) is 5.82. The molecule has 0 aliphatic rings. The van der Waals surface area contributed by atoms with Crippen molar-refractivity contribution in [2.45, 2.75) is 26.9 Å². The van der Waals surface area contributed by atoms with Crippen LogP contribution < -0.4 is 14.3 Å². The predicted molar refractivity (Wildman–Crippen MR) is 117 cm³/mol. The summed E-state index contributed by atoms with van der Waals surface area (Å²) in [5.41, 5.74) is 0.675. The van der Waals surface area contributed by atoms with Crippen molar-refractivity contribution in [3.8, 4) is 17.5 Å². The highest BCUT2D eigenvalue weighted by Crippen LogP contribution is 2.23. The molecule has 3 aromatic rings. The van der Waals surface area contributed by atoms with Gasteiger partial charge in [-0.2, -0.15) is 4.98 Å². The summed E-state index contributed by atoms with van der Waals surface area (Å²) >= 11 is 5.90. The van der Waals surface area contributed by atoms with Crippen LogP contribution in [0.2, 0.25) is 5.02 Å². The van der Waals surface area contributed by atoms with Gasteiger partial charge < -0.3 is 19.6 Å². The normalized spacial score (nSPS) is 12.1. The van der Waals surface area contributed by atoms with Crippen LogP contribution in [0.25, 0.3) is 11.0 Å². The number of hydrogen-bond donors (Lipinski definition) is 0. The van der Waals surface area contributed by atoms with E-state index in [4.69, 9.17) is 21.1 Å². The van der Waals surface area contributed by atoms with Crippen LogP contribution in [-0.2, 0) is 4.79 Å². The molecule has 0 fully saturated rings. The second-order valence-electron chi connectivity index (χ2n) is 6.67. The first-order valence-electron chi connectivity index (χ1n) is 9.88. The molecule has 0 radical (unpaired) electrons. The number of hydrogen-bond acceptors (Lipinski definition) is 6. The SMILES string of the molecule is CCN(CC)C(=O)/C=C/C(C)Oc1ccc(Oc2nc3ccc(Cl)cc3[n+]([O-])n2)cc1. The van der Waals surface area contributed by atoms with Crippen molar-refractivity contribution in [1.29, 1.82) is 0 Å². The maximum atomic E-state index is 12.1. The lowest BCUT2D eigenvalue weighted by molar-refractivity contribution is -0.643. The number of ether oxygens (including phenoxy) is 2. The zero-order chi connectivity index (χ0) is 22.4. The van der Waals surface area contributed by atoms with E-state index in [0.717, 1.165) is 0 Å². The molecule has 0 aliphatic carbocycles. The van der Waals surface area contributed by atoms with Crippen LogP contribution >= 0.6 is 11.6 Å². The fourth-order valence-corrected chi connectivity index (χ4v) is 3.01. The zero-order valence-electron chi connectivity index (χ0n) is 17.5. The van der Waals surface area contributed by atoms with Gasteiger partial charge in [-0.25, -0.2) is 0 Å². The zero-order valence-corrected chi connectivity index (χ0v) is 18.2. The largest absolute Gasteiger partial charge is 0.594 e. The van der Waals surface area contributed by atoms with Gasteiger partial charge in [-0.3, -0.25) is 4.79 Å². The Kier molecular flexibility index (Phi) is 7.25. The number of rotatable bonds is 8. The Labute approximate surface area is 185 Å². The molecule has 0 saturated carbocycles. The quantitative estimate of drug-likeness (QED) is 0.298. The molecule has 3 rings (SSSR count). The maximum absolute atomic E-state index is 12.1. The second-order valence-corrected chi connectivity index (χ2v) is 7.10. The molecule has 0 aliphatic heterocycles.